The number of likely N-dealkylation sites (N-methyl/N-ethyl adjacent to an activating group) is 2. The lowest BCUT2D eigenvalue weighted by Gasteiger charge is -2.19. The Balaban J connectivity index is 1.82. The topological polar surface area (TPSA) is 53.9 Å². The van der Waals surface area contributed by atoms with Crippen molar-refractivity contribution in [2.45, 2.75) is 20.4 Å². The molecule has 5 nitrogen and oxygen atoms in total. The quantitative estimate of drug-likeness (QED) is 0.786. The van der Waals surface area contributed by atoms with Crippen LogP contribution in [-0.4, -0.2) is 43.9 Å². The summed E-state index contributed by atoms with van der Waals surface area (Å²) >= 11 is 1.62. The number of carbonyl (C=O) groups is 2. The molecule has 2 aromatic rings. The van der Waals surface area contributed by atoms with E-state index in [1.165, 1.54) is 0 Å². The molecule has 0 aliphatic carbocycles. The number of anilines is 1. The van der Waals surface area contributed by atoms with Gasteiger partial charge in [-0.1, -0.05) is 12.1 Å². The predicted octanol–water partition coefficient (Wildman–Crippen LogP) is 1.48. The van der Waals surface area contributed by atoms with Gasteiger partial charge in [-0.2, -0.15) is 11.3 Å². The van der Waals surface area contributed by atoms with E-state index in [4.69, 9.17) is 0 Å². The van der Waals surface area contributed by atoms with Crippen molar-refractivity contribution < 1.29 is 14.5 Å². The molecule has 0 saturated carbocycles. The third-order valence-electron chi connectivity index (χ3n) is 4.22. The third kappa shape index (κ3) is 5.69. The van der Waals surface area contributed by atoms with Gasteiger partial charge in [0, 0.05) is 19.3 Å². The summed E-state index contributed by atoms with van der Waals surface area (Å²) in [4.78, 5) is 27.1. The second-order valence-corrected chi connectivity index (χ2v) is 7.27. The van der Waals surface area contributed by atoms with E-state index >= 15 is 0 Å². The second-order valence-electron chi connectivity index (χ2n) is 6.49. The molecule has 1 heterocycles. The van der Waals surface area contributed by atoms with Crippen LogP contribution in [0.1, 0.15) is 16.7 Å². The van der Waals surface area contributed by atoms with Crippen molar-refractivity contribution in [3.05, 3.63) is 51.7 Å². The largest absolute Gasteiger partial charge is 0.337 e. The smallest absolute Gasteiger partial charge is 0.279 e. The van der Waals surface area contributed by atoms with Crippen LogP contribution in [0.25, 0.3) is 0 Å². The Morgan fingerprint density at radius 2 is 1.96 bits per heavy atom. The van der Waals surface area contributed by atoms with Crippen LogP contribution in [-0.2, 0) is 16.1 Å². The summed E-state index contributed by atoms with van der Waals surface area (Å²) < 4.78 is 0. The Hall–Kier alpha value is -2.18. The van der Waals surface area contributed by atoms with Crippen molar-refractivity contribution in [2.24, 2.45) is 0 Å². The van der Waals surface area contributed by atoms with E-state index in [1.807, 2.05) is 55.9 Å². The van der Waals surface area contributed by atoms with Gasteiger partial charge in [0.25, 0.3) is 11.8 Å². The van der Waals surface area contributed by atoms with Gasteiger partial charge in [-0.25, -0.2) is 0 Å². The van der Waals surface area contributed by atoms with Gasteiger partial charge in [0.05, 0.1) is 7.05 Å². The van der Waals surface area contributed by atoms with Gasteiger partial charge in [0.2, 0.25) is 0 Å². The summed E-state index contributed by atoms with van der Waals surface area (Å²) in [6.07, 6.45) is 0. The molecule has 0 radical (unpaired) electrons. The summed E-state index contributed by atoms with van der Waals surface area (Å²) in [6, 6.07) is 7.86. The van der Waals surface area contributed by atoms with E-state index in [9.17, 15) is 9.59 Å². The number of aryl methyl sites for hydroxylation is 1. The first-order chi connectivity index (χ1) is 11.9. The fraction of sp³-hybridized carbons (Fsp3) is 0.368. The molecule has 6 heteroatoms. The molecule has 0 fully saturated rings. The molecule has 0 aliphatic heterocycles. The van der Waals surface area contributed by atoms with Crippen LogP contribution in [0.15, 0.2) is 35.0 Å². The first kappa shape index (κ1) is 19.1. The minimum atomic E-state index is -0.0838. The van der Waals surface area contributed by atoms with E-state index in [-0.39, 0.29) is 18.4 Å². The summed E-state index contributed by atoms with van der Waals surface area (Å²) in [5, 5.41) is 6.98. The van der Waals surface area contributed by atoms with Crippen molar-refractivity contribution in [3.63, 3.8) is 0 Å². The molecule has 134 valence electrons. The van der Waals surface area contributed by atoms with Gasteiger partial charge in [-0.3, -0.25) is 9.59 Å². The Morgan fingerprint density at radius 1 is 1.20 bits per heavy atom. The van der Waals surface area contributed by atoms with Gasteiger partial charge in [-0.15, -0.1) is 0 Å². The standard InChI is InChI=1S/C19H25N3O2S/c1-14-6-5-7-17(15(14)2)20-18(23)11-21(3)12-19(24)22(4)10-16-8-9-25-13-16/h5-9,13H,10-12H2,1-4H3,(H,20,23)/p+1. The number of benzene rings is 1. The van der Waals surface area contributed by atoms with Crippen molar-refractivity contribution >= 4 is 28.8 Å². The molecule has 0 bridgehead atoms. The van der Waals surface area contributed by atoms with Crippen molar-refractivity contribution in [1.29, 1.82) is 0 Å². The zero-order valence-corrected chi connectivity index (χ0v) is 16.1. The van der Waals surface area contributed by atoms with Crippen molar-refractivity contribution in [1.82, 2.24) is 4.90 Å². The number of nitrogens with zero attached hydrogens (tertiary/aromatic N) is 1. The number of nitrogens with one attached hydrogen (secondary N) is 2. The molecule has 1 aromatic heterocycles. The number of quaternary nitrogens is 1. The molecular weight excluding hydrogens is 334 g/mol. The third-order valence-corrected chi connectivity index (χ3v) is 4.95. The fourth-order valence-electron chi connectivity index (χ4n) is 2.56. The van der Waals surface area contributed by atoms with Crippen LogP contribution in [0.3, 0.4) is 0 Å². The highest BCUT2D eigenvalue weighted by atomic mass is 32.1. The van der Waals surface area contributed by atoms with Crippen LogP contribution in [0.4, 0.5) is 5.69 Å². The molecule has 1 atom stereocenters. The monoisotopic (exact) mass is 360 g/mol. The number of hydrogen-bond donors (Lipinski definition) is 2. The highest BCUT2D eigenvalue weighted by Crippen LogP contribution is 2.17. The minimum absolute atomic E-state index is 0.0308. The second kappa shape index (κ2) is 8.78. The summed E-state index contributed by atoms with van der Waals surface area (Å²) in [6.45, 7) is 5.16. The molecule has 25 heavy (non-hydrogen) atoms. The Kier molecular flexibility index (Phi) is 6.73. The maximum atomic E-state index is 12.3. The molecule has 1 aromatic carbocycles. The van der Waals surface area contributed by atoms with E-state index in [1.54, 1.807) is 23.3 Å². The first-order valence-corrected chi connectivity index (χ1v) is 9.23. The average Bonchev–Trinajstić information content (AvgIpc) is 3.04. The Labute approximate surface area is 153 Å². The molecular formula is C19H26N3O2S+. The van der Waals surface area contributed by atoms with Crippen LogP contribution < -0.4 is 10.2 Å². The number of rotatable bonds is 7. The lowest BCUT2D eigenvalue weighted by Crippen LogP contribution is -3.11. The molecule has 0 aliphatic rings. The van der Waals surface area contributed by atoms with Gasteiger partial charge < -0.3 is 15.1 Å². The van der Waals surface area contributed by atoms with Gasteiger partial charge >= 0.3 is 0 Å². The van der Waals surface area contributed by atoms with Crippen LogP contribution in [0.5, 0.6) is 0 Å². The first-order valence-electron chi connectivity index (χ1n) is 8.29. The number of amides is 2. The summed E-state index contributed by atoms with van der Waals surface area (Å²) in [7, 11) is 3.66. The highest BCUT2D eigenvalue weighted by molar-refractivity contribution is 7.07. The Morgan fingerprint density at radius 3 is 2.64 bits per heavy atom. The fourth-order valence-corrected chi connectivity index (χ4v) is 3.22. The zero-order valence-electron chi connectivity index (χ0n) is 15.3. The van der Waals surface area contributed by atoms with Crippen LogP contribution in [0.2, 0.25) is 0 Å². The molecule has 2 N–H and O–H groups in total. The maximum Gasteiger partial charge on any atom is 0.279 e. The lowest BCUT2D eigenvalue weighted by atomic mass is 10.1. The van der Waals surface area contributed by atoms with Crippen molar-refractivity contribution in [2.75, 3.05) is 32.5 Å². The number of carbonyl (C=O) groups excluding carboxylic acids is 2. The molecule has 2 amide bonds. The van der Waals surface area contributed by atoms with E-state index in [0.29, 0.717) is 13.1 Å². The lowest BCUT2D eigenvalue weighted by molar-refractivity contribution is -0.862. The summed E-state index contributed by atoms with van der Waals surface area (Å²) in [5.74, 6) is -0.0530. The number of hydrogen-bond acceptors (Lipinski definition) is 3. The summed E-state index contributed by atoms with van der Waals surface area (Å²) in [5.41, 5.74) is 4.17. The maximum absolute atomic E-state index is 12.3. The average molecular weight is 361 g/mol. The van der Waals surface area contributed by atoms with Crippen LogP contribution >= 0.6 is 11.3 Å². The van der Waals surface area contributed by atoms with Gasteiger partial charge in [0.1, 0.15) is 0 Å². The zero-order chi connectivity index (χ0) is 18.4. The SMILES string of the molecule is Cc1cccc(NC(=O)C[NH+](C)CC(=O)N(C)Cc2ccsc2)c1C. The molecule has 1 unspecified atom stereocenters. The van der Waals surface area contributed by atoms with Crippen LogP contribution in [0, 0.1) is 13.8 Å². The highest BCUT2D eigenvalue weighted by Gasteiger charge is 2.18. The normalized spacial score (nSPS) is 11.8. The Bertz CT molecular complexity index is 728. The van der Waals surface area contributed by atoms with Gasteiger partial charge in [-0.05, 0) is 53.4 Å². The van der Waals surface area contributed by atoms with Crippen molar-refractivity contribution in [3.8, 4) is 0 Å². The van der Waals surface area contributed by atoms with Gasteiger partial charge in [0.15, 0.2) is 13.1 Å². The predicted molar refractivity (Wildman–Crippen MR) is 102 cm³/mol. The molecule has 0 spiro atoms. The van der Waals surface area contributed by atoms with E-state index < -0.39 is 0 Å². The molecule has 2 rings (SSSR count). The van der Waals surface area contributed by atoms with E-state index in [0.717, 1.165) is 27.3 Å². The van der Waals surface area contributed by atoms with E-state index in [2.05, 4.69) is 5.32 Å². The molecule has 0 saturated heterocycles. The minimum Gasteiger partial charge on any atom is -0.337 e. The number of thiophene rings is 1.